The first-order valence-corrected chi connectivity index (χ1v) is 19.2. The number of benzene rings is 7. The van der Waals surface area contributed by atoms with E-state index in [9.17, 15) is 0 Å². The van der Waals surface area contributed by atoms with Crippen molar-refractivity contribution in [2.45, 2.75) is 45.1 Å². The minimum atomic E-state index is -0.695. The second-order valence-corrected chi connectivity index (χ2v) is 15.4. The second kappa shape index (κ2) is 12.6. The zero-order chi connectivity index (χ0) is 36.6. The molecule has 1 radical (unpaired) electrons. The van der Waals surface area contributed by atoms with E-state index >= 15 is 0 Å². The summed E-state index contributed by atoms with van der Waals surface area (Å²) in [6, 6.07) is 60.6. The molecule has 10 rings (SSSR count). The summed E-state index contributed by atoms with van der Waals surface area (Å²) < 4.78 is 13.8. The van der Waals surface area contributed by atoms with Crippen molar-refractivity contribution in [1.29, 1.82) is 0 Å². The van der Waals surface area contributed by atoms with Gasteiger partial charge in [0.15, 0.2) is 0 Å². The molecule has 3 aliphatic heterocycles. The Bertz CT molecular complexity index is 2410. The standard InChI is InChI=1S/C50H41BNO2/c1-32(2)37-23-17-24-38(33(3)4)49(37)52-48(39-22-11-12-25-40(39)50(52,35-18-7-5-8-19-35)36-20-9-6-10-21-36)34-30-45-47-46(31-34)54-44-29-16-14-27-42(44)51(47)41-26-13-15-28-43(41)53-45/h5-33H,1-4H3. The van der Waals surface area contributed by atoms with Gasteiger partial charge in [0.1, 0.15) is 34.6 Å². The first-order chi connectivity index (χ1) is 26.5. The van der Waals surface area contributed by atoms with Crippen LogP contribution in [0.4, 0.5) is 5.69 Å². The van der Waals surface area contributed by atoms with Gasteiger partial charge in [-0.3, -0.25) is 0 Å². The highest BCUT2D eigenvalue weighted by atomic mass is 16.5. The summed E-state index contributed by atoms with van der Waals surface area (Å²) in [4.78, 5) is 2.69. The van der Waals surface area contributed by atoms with Crippen LogP contribution in [0.3, 0.4) is 0 Å². The van der Waals surface area contributed by atoms with Gasteiger partial charge in [-0.2, -0.15) is 0 Å². The Labute approximate surface area is 318 Å². The number of para-hydroxylation sites is 3. The molecule has 3 aliphatic rings. The fourth-order valence-electron chi connectivity index (χ4n) is 9.37. The van der Waals surface area contributed by atoms with Crippen molar-refractivity contribution in [1.82, 2.24) is 0 Å². The van der Waals surface area contributed by atoms with Gasteiger partial charge in [0.05, 0.1) is 0 Å². The van der Waals surface area contributed by atoms with Crippen molar-refractivity contribution in [2.24, 2.45) is 0 Å². The molecule has 0 amide bonds. The molecule has 4 heteroatoms. The maximum atomic E-state index is 6.90. The van der Waals surface area contributed by atoms with Gasteiger partial charge in [-0.15, -0.1) is 0 Å². The maximum absolute atomic E-state index is 6.90. The fourth-order valence-corrected chi connectivity index (χ4v) is 9.37. The topological polar surface area (TPSA) is 21.7 Å². The van der Waals surface area contributed by atoms with Gasteiger partial charge in [-0.1, -0.05) is 167 Å². The Hall–Kier alpha value is -6.00. The van der Waals surface area contributed by atoms with E-state index < -0.39 is 5.54 Å². The molecule has 0 aromatic heterocycles. The number of hydrogen-bond donors (Lipinski definition) is 0. The molecule has 0 saturated heterocycles. The van der Waals surface area contributed by atoms with Crippen molar-refractivity contribution >= 4 is 28.8 Å². The van der Waals surface area contributed by atoms with Gasteiger partial charge in [-0.25, -0.2) is 0 Å². The van der Waals surface area contributed by atoms with Crippen molar-refractivity contribution in [3.63, 3.8) is 0 Å². The van der Waals surface area contributed by atoms with Crippen molar-refractivity contribution in [2.75, 3.05) is 4.90 Å². The number of fused-ring (bicyclic) bond motifs is 5. The van der Waals surface area contributed by atoms with Crippen LogP contribution in [0.2, 0.25) is 0 Å². The van der Waals surface area contributed by atoms with Gasteiger partial charge in [0.2, 0.25) is 0 Å². The first-order valence-electron chi connectivity index (χ1n) is 19.2. The van der Waals surface area contributed by atoms with Gasteiger partial charge in [-0.05, 0) is 86.0 Å². The van der Waals surface area contributed by atoms with E-state index in [0.717, 1.165) is 51.0 Å². The Morgan fingerprint density at radius 3 is 1.52 bits per heavy atom. The maximum Gasteiger partial charge on any atom is 0.260 e. The second-order valence-electron chi connectivity index (χ2n) is 15.4. The fraction of sp³-hybridized carbons (Fsp3) is 0.140. The molecule has 0 atom stereocenters. The third-order valence-corrected chi connectivity index (χ3v) is 11.6. The van der Waals surface area contributed by atoms with E-state index in [4.69, 9.17) is 9.47 Å². The van der Waals surface area contributed by atoms with Crippen LogP contribution in [0.5, 0.6) is 23.0 Å². The zero-order valence-corrected chi connectivity index (χ0v) is 31.1. The van der Waals surface area contributed by atoms with Gasteiger partial charge < -0.3 is 14.4 Å². The quantitative estimate of drug-likeness (QED) is 0.161. The lowest BCUT2D eigenvalue weighted by molar-refractivity contribution is 0.463. The molecule has 0 bridgehead atoms. The lowest BCUT2D eigenvalue weighted by atomic mass is 9.35. The molecule has 7 aromatic carbocycles. The molecule has 0 spiro atoms. The largest absolute Gasteiger partial charge is 0.458 e. The van der Waals surface area contributed by atoms with E-state index in [1.165, 1.54) is 39.1 Å². The van der Waals surface area contributed by atoms with Crippen LogP contribution >= 0.6 is 0 Å². The monoisotopic (exact) mass is 698 g/mol. The first kappa shape index (κ1) is 32.6. The SMILES string of the molecule is CC(C)c1cccc(C(C)C)c1N1[C](c2cc3c4c(c2)Oc2ccccc2B4c2ccccc2O3)c2ccccc2C1(c1ccccc1)c1ccccc1. The van der Waals surface area contributed by atoms with Crippen LogP contribution < -0.4 is 30.8 Å². The highest BCUT2D eigenvalue weighted by Crippen LogP contribution is 2.59. The lowest BCUT2D eigenvalue weighted by Crippen LogP contribution is -2.57. The Balaban J connectivity index is 1.32. The predicted molar refractivity (Wildman–Crippen MR) is 222 cm³/mol. The zero-order valence-electron chi connectivity index (χ0n) is 31.1. The van der Waals surface area contributed by atoms with Crippen molar-refractivity contribution < 1.29 is 9.47 Å². The number of hydrogen-bond acceptors (Lipinski definition) is 3. The van der Waals surface area contributed by atoms with Crippen LogP contribution in [0, 0.1) is 6.04 Å². The van der Waals surface area contributed by atoms with Crippen LogP contribution in [0.25, 0.3) is 0 Å². The Morgan fingerprint density at radius 2 is 0.981 bits per heavy atom. The van der Waals surface area contributed by atoms with Crippen molar-refractivity contribution in [3.8, 4) is 23.0 Å². The molecule has 0 N–H and O–H groups in total. The minimum Gasteiger partial charge on any atom is -0.458 e. The summed E-state index contributed by atoms with van der Waals surface area (Å²) in [7, 11) is 0. The molecule has 0 saturated carbocycles. The van der Waals surface area contributed by atoms with Gasteiger partial charge in [0.25, 0.3) is 6.71 Å². The average Bonchev–Trinajstić information content (AvgIpc) is 3.52. The predicted octanol–water partition coefficient (Wildman–Crippen LogP) is 10.4. The highest BCUT2D eigenvalue weighted by Gasteiger charge is 2.55. The number of nitrogens with zero attached hydrogens (tertiary/aromatic N) is 1. The Kier molecular flexibility index (Phi) is 7.59. The van der Waals surface area contributed by atoms with Gasteiger partial charge in [0, 0.05) is 11.2 Å². The molecule has 3 heterocycles. The highest BCUT2D eigenvalue weighted by molar-refractivity contribution is 6.98. The minimum absolute atomic E-state index is 0.0119. The molecular weight excluding hydrogens is 657 g/mol. The summed E-state index contributed by atoms with van der Waals surface area (Å²) in [6.45, 7) is 9.28. The van der Waals surface area contributed by atoms with E-state index in [2.05, 4.69) is 196 Å². The third-order valence-electron chi connectivity index (χ3n) is 11.6. The smallest absolute Gasteiger partial charge is 0.260 e. The summed E-state index contributed by atoms with van der Waals surface area (Å²) in [5.74, 6) is 4.00. The number of rotatable bonds is 6. The van der Waals surface area contributed by atoms with Gasteiger partial charge >= 0.3 is 0 Å². The molecule has 0 aliphatic carbocycles. The molecule has 261 valence electrons. The number of anilines is 1. The summed E-state index contributed by atoms with van der Waals surface area (Å²) in [5.41, 5.74) is 12.5. The average molecular weight is 699 g/mol. The molecule has 7 aromatic rings. The molecule has 0 fully saturated rings. The van der Waals surface area contributed by atoms with Crippen LogP contribution in [0.1, 0.15) is 78.5 Å². The summed E-state index contributed by atoms with van der Waals surface area (Å²) in [6.07, 6.45) is 0. The van der Waals surface area contributed by atoms with E-state index in [0.29, 0.717) is 0 Å². The molecule has 0 unspecified atom stereocenters. The van der Waals surface area contributed by atoms with E-state index in [1.54, 1.807) is 0 Å². The van der Waals surface area contributed by atoms with E-state index in [1.807, 2.05) is 0 Å². The molecule has 3 nitrogen and oxygen atoms in total. The van der Waals surface area contributed by atoms with Crippen molar-refractivity contribution in [3.05, 3.63) is 209 Å². The molecule has 54 heavy (non-hydrogen) atoms. The number of ether oxygens (including phenoxy) is 2. The van der Waals surface area contributed by atoms with E-state index in [-0.39, 0.29) is 18.5 Å². The normalized spacial score (nSPS) is 14.9. The third kappa shape index (κ3) is 4.69. The van der Waals surface area contributed by atoms with Crippen LogP contribution in [0.15, 0.2) is 164 Å². The van der Waals surface area contributed by atoms with Crippen LogP contribution in [-0.2, 0) is 5.54 Å². The Morgan fingerprint density at radius 1 is 0.500 bits per heavy atom. The molecular formula is C50H41BNO2. The lowest BCUT2D eigenvalue weighted by Gasteiger charge is -2.46. The summed E-state index contributed by atoms with van der Waals surface area (Å²) in [5, 5.41) is 0. The summed E-state index contributed by atoms with van der Waals surface area (Å²) >= 11 is 0. The van der Waals surface area contributed by atoms with Crippen LogP contribution in [-0.4, -0.2) is 6.71 Å².